The minimum Gasteiger partial charge on any atom is -0.381 e. The number of aromatic nitrogens is 4. The van der Waals surface area contributed by atoms with Gasteiger partial charge in [0.2, 0.25) is 5.95 Å². The van der Waals surface area contributed by atoms with E-state index in [1.54, 1.807) is 12.4 Å². The van der Waals surface area contributed by atoms with Crippen molar-refractivity contribution in [3.8, 4) is 0 Å². The van der Waals surface area contributed by atoms with Gasteiger partial charge in [0.1, 0.15) is 5.82 Å². The van der Waals surface area contributed by atoms with Crippen molar-refractivity contribution in [3.05, 3.63) is 41.7 Å². The highest BCUT2D eigenvalue weighted by Crippen LogP contribution is 2.37. The number of hydrogen-bond donors (Lipinski definition) is 1. The first-order valence-electron chi connectivity index (χ1n) is 10.5. The number of carbonyl (C=O) groups excluding carboxylic acids is 1. The van der Waals surface area contributed by atoms with E-state index in [1.807, 2.05) is 12.3 Å². The highest BCUT2D eigenvalue weighted by Gasteiger charge is 2.28. The summed E-state index contributed by atoms with van der Waals surface area (Å²) in [7, 11) is 0. The number of carbonyl (C=O) groups is 1. The van der Waals surface area contributed by atoms with E-state index in [-0.39, 0.29) is 11.9 Å². The van der Waals surface area contributed by atoms with E-state index < -0.39 is 0 Å². The van der Waals surface area contributed by atoms with Gasteiger partial charge in [0, 0.05) is 68.5 Å². The topological polar surface area (TPSA) is 93.1 Å². The van der Waals surface area contributed by atoms with Gasteiger partial charge in [0.25, 0.3) is 5.91 Å². The van der Waals surface area contributed by atoms with Crippen LogP contribution in [-0.2, 0) is 4.74 Å². The minimum absolute atomic E-state index is 0.0703. The highest BCUT2D eigenvalue weighted by atomic mass is 16.5. The van der Waals surface area contributed by atoms with Crippen LogP contribution in [0.3, 0.4) is 0 Å². The number of rotatable bonds is 5. The van der Waals surface area contributed by atoms with Gasteiger partial charge in [-0.05, 0) is 38.2 Å². The van der Waals surface area contributed by atoms with Crippen LogP contribution in [0.15, 0.2) is 24.7 Å². The van der Waals surface area contributed by atoms with Crippen LogP contribution in [0, 0.1) is 0 Å². The largest absolute Gasteiger partial charge is 0.381 e. The zero-order chi connectivity index (χ0) is 19.6. The van der Waals surface area contributed by atoms with Crippen molar-refractivity contribution in [2.75, 3.05) is 31.2 Å². The van der Waals surface area contributed by atoms with Crippen molar-refractivity contribution in [3.63, 3.8) is 0 Å². The Kier molecular flexibility index (Phi) is 5.10. The van der Waals surface area contributed by atoms with E-state index in [1.165, 1.54) is 0 Å². The van der Waals surface area contributed by atoms with Crippen LogP contribution in [-0.4, -0.2) is 58.2 Å². The maximum Gasteiger partial charge on any atom is 0.254 e. The van der Waals surface area contributed by atoms with Gasteiger partial charge in [-0.2, -0.15) is 0 Å². The maximum atomic E-state index is 12.5. The van der Waals surface area contributed by atoms with Gasteiger partial charge < -0.3 is 15.0 Å². The molecular formula is C21H26N6O2. The lowest BCUT2D eigenvalue weighted by Crippen LogP contribution is -2.37. The van der Waals surface area contributed by atoms with E-state index >= 15 is 0 Å². The first-order valence-corrected chi connectivity index (χ1v) is 10.5. The lowest BCUT2D eigenvalue weighted by atomic mass is 9.96. The van der Waals surface area contributed by atoms with Crippen molar-refractivity contribution in [2.45, 2.75) is 50.0 Å². The summed E-state index contributed by atoms with van der Waals surface area (Å²) in [4.78, 5) is 32.7. The summed E-state index contributed by atoms with van der Waals surface area (Å²) in [5.41, 5.74) is 1.62. The number of nitrogens with zero attached hydrogens (tertiary/aromatic N) is 5. The Balaban J connectivity index is 1.19. The van der Waals surface area contributed by atoms with Crippen molar-refractivity contribution >= 4 is 11.9 Å². The fraction of sp³-hybridized carbons (Fsp3) is 0.571. The van der Waals surface area contributed by atoms with Crippen molar-refractivity contribution in [1.82, 2.24) is 25.3 Å². The van der Waals surface area contributed by atoms with E-state index in [2.05, 4.69) is 25.2 Å². The number of ether oxygens (including phenoxy) is 1. The second-order valence-electron chi connectivity index (χ2n) is 8.18. The smallest absolute Gasteiger partial charge is 0.254 e. The second-order valence-corrected chi connectivity index (χ2v) is 8.18. The molecule has 152 valence electrons. The number of amides is 1. The molecule has 1 unspecified atom stereocenters. The number of nitrogens with one attached hydrogen (secondary N) is 1. The van der Waals surface area contributed by atoms with Gasteiger partial charge in [0.15, 0.2) is 0 Å². The maximum absolute atomic E-state index is 12.5. The van der Waals surface area contributed by atoms with Crippen molar-refractivity contribution in [1.29, 1.82) is 0 Å². The molecule has 29 heavy (non-hydrogen) atoms. The van der Waals surface area contributed by atoms with Crippen LogP contribution in [0.4, 0.5) is 5.95 Å². The molecule has 1 aliphatic carbocycles. The Morgan fingerprint density at radius 1 is 1.03 bits per heavy atom. The Labute approximate surface area is 170 Å². The zero-order valence-electron chi connectivity index (χ0n) is 16.5. The summed E-state index contributed by atoms with van der Waals surface area (Å²) in [6.45, 7) is 3.14. The van der Waals surface area contributed by atoms with E-state index in [4.69, 9.17) is 9.72 Å². The Bertz CT molecular complexity index is 864. The fourth-order valence-corrected chi connectivity index (χ4v) is 4.07. The van der Waals surface area contributed by atoms with Crippen LogP contribution in [0.2, 0.25) is 0 Å². The van der Waals surface area contributed by atoms with E-state index in [9.17, 15) is 4.79 Å². The normalized spacial score (nSPS) is 22.6. The van der Waals surface area contributed by atoms with Gasteiger partial charge in [-0.15, -0.1) is 0 Å². The quantitative estimate of drug-likeness (QED) is 0.829. The average Bonchev–Trinajstić information content (AvgIpc) is 3.53. The second kappa shape index (κ2) is 8.02. The summed E-state index contributed by atoms with van der Waals surface area (Å²) < 4.78 is 5.46. The molecule has 1 saturated carbocycles. The van der Waals surface area contributed by atoms with Crippen molar-refractivity contribution < 1.29 is 9.53 Å². The molecule has 3 fully saturated rings. The molecule has 2 aliphatic heterocycles. The Hall–Kier alpha value is -2.61. The molecule has 2 aromatic rings. The molecule has 5 rings (SSSR count). The van der Waals surface area contributed by atoms with E-state index in [0.717, 1.165) is 69.3 Å². The monoisotopic (exact) mass is 394 g/mol. The predicted molar refractivity (Wildman–Crippen MR) is 107 cm³/mol. The first-order chi connectivity index (χ1) is 14.3. The first kappa shape index (κ1) is 18.4. The van der Waals surface area contributed by atoms with Crippen molar-refractivity contribution in [2.24, 2.45) is 0 Å². The van der Waals surface area contributed by atoms with Gasteiger partial charge in [-0.25, -0.2) is 19.9 Å². The Morgan fingerprint density at radius 2 is 1.83 bits per heavy atom. The molecule has 1 N–H and O–H groups in total. The highest BCUT2D eigenvalue weighted by molar-refractivity contribution is 5.93. The summed E-state index contributed by atoms with van der Waals surface area (Å²) in [6.07, 6.45) is 10.3. The summed E-state index contributed by atoms with van der Waals surface area (Å²) in [6, 6.07) is 2.08. The molecule has 4 heterocycles. The van der Waals surface area contributed by atoms with Crippen LogP contribution < -0.4 is 10.2 Å². The molecule has 1 atom stereocenters. The third-order valence-electron chi connectivity index (χ3n) is 5.99. The summed E-state index contributed by atoms with van der Waals surface area (Å²) >= 11 is 0. The van der Waals surface area contributed by atoms with Gasteiger partial charge in [-0.3, -0.25) is 4.79 Å². The lowest BCUT2D eigenvalue weighted by molar-refractivity contribution is 0.0845. The zero-order valence-corrected chi connectivity index (χ0v) is 16.5. The molecule has 8 heteroatoms. The third kappa shape index (κ3) is 4.22. The number of hydrogen-bond acceptors (Lipinski definition) is 7. The summed E-state index contributed by atoms with van der Waals surface area (Å²) in [5, 5.41) is 3.10. The molecule has 8 nitrogen and oxygen atoms in total. The van der Waals surface area contributed by atoms with Crippen LogP contribution >= 0.6 is 0 Å². The van der Waals surface area contributed by atoms with Crippen LogP contribution in [0.25, 0.3) is 0 Å². The molecule has 0 aromatic carbocycles. The minimum atomic E-state index is -0.115. The fourth-order valence-electron chi connectivity index (χ4n) is 4.07. The molecular weight excluding hydrogens is 368 g/mol. The molecule has 0 spiro atoms. The van der Waals surface area contributed by atoms with Gasteiger partial charge in [0.05, 0.1) is 5.56 Å². The number of anilines is 1. The van der Waals surface area contributed by atoms with Crippen LogP contribution in [0.1, 0.15) is 65.8 Å². The van der Waals surface area contributed by atoms with Crippen LogP contribution in [0.5, 0.6) is 0 Å². The predicted octanol–water partition coefficient (Wildman–Crippen LogP) is 2.05. The third-order valence-corrected chi connectivity index (χ3v) is 5.99. The average molecular weight is 394 g/mol. The molecule has 0 radical (unpaired) electrons. The lowest BCUT2D eigenvalue weighted by Gasteiger charge is -2.23. The van der Waals surface area contributed by atoms with E-state index in [0.29, 0.717) is 23.9 Å². The molecule has 2 saturated heterocycles. The van der Waals surface area contributed by atoms with Gasteiger partial charge >= 0.3 is 0 Å². The molecule has 2 aromatic heterocycles. The molecule has 1 amide bonds. The Morgan fingerprint density at radius 3 is 2.59 bits per heavy atom. The standard InChI is InChI=1S/C21H26N6O2/c28-20(16-11-23-19(24-12-16)15-1-2-15)25-17-4-8-27(13-17)21-22-7-3-18(26-21)14-5-9-29-10-6-14/h3,7,11-12,14-15,17H,1-2,4-6,8-10,13H2,(H,25,28). The molecule has 3 aliphatic rings. The summed E-state index contributed by atoms with van der Waals surface area (Å²) in [5.74, 6) is 2.43. The molecule has 0 bridgehead atoms. The van der Waals surface area contributed by atoms with Gasteiger partial charge in [-0.1, -0.05) is 0 Å². The SMILES string of the molecule is O=C(NC1CCN(c2nccc(C3CCOCC3)n2)C1)c1cnc(C2CC2)nc1.